The second-order valence-corrected chi connectivity index (χ2v) is 6.49. The van der Waals surface area contributed by atoms with E-state index in [-0.39, 0.29) is 0 Å². The molecule has 0 atom stereocenters. The van der Waals surface area contributed by atoms with Gasteiger partial charge >= 0.3 is 0 Å². The van der Waals surface area contributed by atoms with Gasteiger partial charge in [-0.25, -0.2) is 0 Å². The number of methoxy groups -OCH3 is 1. The fourth-order valence-electron chi connectivity index (χ4n) is 1.87. The quantitative estimate of drug-likeness (QED) is 0.571. The summed E-state index contributed by atoms with van der Waals surface area (Å²) in [6.07, 6.45) is 0. The van der Waals surface area contributed by atoms with Crippen LogP contribution >= 0.6 is 23.1 Å². The minimum atomic E-state index is 0.628. The maximum absolute atomic E-state index is 5.67. The van der Waals surface area contributed by atoms with Crippen molar-refractivity contribution in [2.45, 2.75) is 5.75 Å². The summed E-state index contributed by atoms with van der Waals surface area (Å²) in [6, 6.07) is 9.54. The molecule has 7 heteroatoms. The molecule has 0 spiro atoms. The molecule has 0 fully saturated rings. The topological polar surface area (TPSA) is 57.4 Å². The normalized spacial score (nSPS) is 10.7. The molecular formula is C16H16N2O3S2. The third kappa shape index (κ3) is 4.49. The fraction of sp³-hybridized carbons (Fsp3) is 0.250. The highest BCUT2D eigenvalue weighted by Gasteiger charge is 2.08. The molecule has 0 aliphatic carbocycles. The largest absolute Gasteiger partial charge is 0.497 e. The van der Waals surface area contributed by atoms with Crippen molar-refractivity contribution in [1.82, 2.24) is 10.1 Å². The summed E-state index contributed by atoms with van der Waals surface area (Å²) in [4.78, 5) is 4.38. The average Bonchev–Trinajstić information content (AvgIpc) is 3.26. The van der Waals surface area contributed by atoms with Crippen LogP contribution in [-0.2, 0) is 5.75 Å². The van der Waals surface area contributed by atoms with E-state index < -0.39 is 0 Å². The Kier molecular flexibility index (Phi) is 5.55. The summed E-state index contributed by atoms with van der Waals surface area (Å²) in [5.74, 6) is 4.48. The third-order valence-corrected chi connectivity index (χ3v) is 4.62. The zero-order valence-electron chi connectivity index (χ0n) is 12.6. The van der Waals surface area contributed by atoms with Gasteiger partial charge in [0.2, 0.25) is 11.7 Å². The number of hydrogen-bond acceptors (Lipinski definition) is 7. The van der Waals surface area contributed by atoms with E-state index in [0.29, 0.717) is 24.1 Å². The van der Waals surface area contributed by atoms with Crippen LogP contribution in [0, 0.1) is 0 Å². The maximum atomic E-state index is 5.67. The Bertz CT molecular complexity index is 711. The van der Waals surface area contributed by atoms with E-state index in [2.05, 4.69) is 10.1 Å². The predicted molar refractivity (Wildman–Crippen MR) is 92.3 cm³/mol. The van der Waals surface area contributed by atoms with Crippen molar-refractivity contribution in [2.24, 2.45) is 0 Å². The first kappa shape index (κ1) is 15.9. The number of benzene rings is 1. The Morgan fingerprint density at radius 2 is 2.00 bits per heavy atom. The lowest BCUT2D eigenvalue weighted by Gasteiger charge is -2.06. The standard InChI is InChI=1S/C16H16N2O3S2/c1-19-13-2-4-14(5-3-13)20-7-9-23-11-15-17-16(18-21-15)12-6-8-22-10-12/h2-6,8,10H,7,9,11H2,1H3. The van der Waals surface area contributed by atoms with Gasteiger partial charge in [-0.05, 0) is 35.7 Å². The number of thioether (sulfide) groups is 1. The van der Waals surface area contributed by atoms with E-state index >= 15 is 0 Å². The van der Waals surface area contributed by atoms with Gasteiger partial charge in [-0.3, -0.25) is 0 Å². The second-order valence-electron chi connectivity index (χ2n) is 4.60. The zero-order chi connectivity index (χ0) is 15.9. The Hall–Kier alpha value is -1.99. The summed E-state index contributed by atoms with van der Waals surface area (Å²) in [7, 11) is 1.65. The van der Waals surface area contributed by atoms with Crippen molar-refractivity contribution >= 4 is 23.1 Å². The second kappa shape index (κ2) is 8.03. The highest BCUT2D eigenvalue weighted by atomic mass is 32.2. The van der Waals surface area contributed by atoms with Crippen LogP contribution in [0.3, 0.4) is 0 Å². The van der Waals surface area contributed by atoms with E-state index in [0.717, 1.165) is 22.8 Å². The van der Waals surface area contributed by atoms with Crippen LogP contribution in [0.4, 0.5) is 0 Å². The molecule has 5 nitrogen and oxygen atoms in total. The van der Waals surface area contributed by atoms with Gasteiger partial charge in [0.15, 0.2) is 0 Å². The minimum Gasteiger partial charge on any atom is -0.497 e. The van der Waals surface area contributed by atoms with Crippen LogP contribution in [-0.4, -0.2) is 29.6 Å². The van der Waals surface area contributed by atoms with Crippen molar-refractivity contribution in [1.29, 1.82) is 0 Å². The van der Waals surface area contributed by atoms with Crippen LogP contribution in [0.25, 0.3) is 11.4 Å². The zero-order valence-corrected chi connectivity index (χ0v) is 14.2. The summed E-state index contributed by atoms with van der Waals surface area (Å²) in [5, 5.41) is 7.99. The molecule has 1 aromatic carbocycles. The molecule has 0 amide bonds. The molecule has 0 saturated carbocycles. The molecule has 120 valence electrons. The van der Waals surface area contributed by atoms with Crippen molar-refractivity contribution in [3.63, 3.8) is 0 Å². The Balaban J connectivity index is 1.38. The van der Waals surface area contributed by atoms with Gasteiger partial charge in [0.25, 0.3) is 0 Å². The van der Waals surface area contributed by atoms with Gasteiger partial charge in [0, 0.05) is 16.7 Å². The summed E-state index contributed by atoms with van der Waals surface area (Å²) in [6.45, 7) is 0.628. The number of ether oxygens (including phenoxy) is 2. The summed E-state index contributed by atoms with van der Waals surface area (Å²) >= 11 is 3.32. The molecule has 0 N–H and O–H groups in total. The number of nitrogens with zero attached hydrogens (tertiary/aromatic N) is 2. The molecule has 2 aromatic heterocycles. The van der Waals surface area contributed by atoms with Crippen LogP contribution in [0.2, 0.25) is 0 Å². The monoisotopic (exact) mass is 348 g/mol. The van der Waals surface area contributed by atoms with E-state index in [1.54, 1.807) is 30.2 Å². The first-order chi connectivity index (χ1) is 11.3. The molecule has 0 bridgehead atoms. The number of aromatic nitrogens is 2. The molecule has 2 heterocycles. The van der Waals surface area contributed by atoms with Crippen LogP contribution in [0.15, 0.2) is 45.6 Å². The molecule has 23 heavy (non-hydrogen) atoms. The van der Waals surface area contributed by atoms with E-state index in [4.69, 9.17) is 14.0 Å². The van der Waals surface area contributed by atoms with Gasteiger partial charge in [-0.2, -0.15) is 16.3 Å². The lowest BCUT2D eigenvalue weighted by Crippen LogP contribution is -2.00. The van der Waals surface area contributed by atoms with E-state index in [9.17, 15) is 0 Å². The SMILES string of the molecule is COc1ccc(OCCSCc2nc(-c3ccsc3)no2)cc1. The highest BCUT2D eigenvalue weighted by molar-refractivity contribution is 7.98. The molecule has 0 aliphatic heterocycles. The van der Waals surface area contributed by atoms with Crippen LogP contribution in [0.5, 0.6) is 11.5 Å². The lowest BCUT2D eigenvalue weighted by atomic mass is 10.3. The number of thiophene rings is 1. The van der Waals surface area contributed by atoms with Gasteiger partial charge in [0.05, 0.1) is 19.5 Å². The minimum absolute atomic E-state index is 0.628. The molecule has 0 saturated heterocycles. The van der Waals surface area contributed by atoms with E-state index in [1.165, 1.54) is 0 Å². The lowest BCUT2D eigenvalue weighted by molar-refractivity contribution is 0.342. The van der Waals surface area contributed by atoms with Crippen LogP contribution < -0.4 is 9.47 Å². The summed E-state index contributed by atoms with van der Waals surface area (Å²) in [5.41, 5.74) is 0.998. The number of rotatable bonds is 8. The summed E-state index contributed by atoms with van der Waals surface area (Å²) < 4.78 is 16.0. The van der Waals surface area contributed by atoms with Crippen molar-refractivity contribution in [3.05, 3.63) is 47.0 Å². The number of hydrogen-bond donors (Lipinski definition) is 0. The Labute approximate surface area is 142 Å². The molecule has 3 rings (SSSR count). The predicted octanol–water partition coefficient (Wildman–Crippen LogP) is 4.12. The fourth-order valence-corrected chi connectivity index (χ4v) is 3.14. The molecular weight excluding hydrogens is 332 g/mol. The van der Waals surface area contributed by atoms with E-state index in [1.807, 2.05) is 41.1 Å². The van der Waals surface area contributed by atoms with Crippen molar-refractivity contribution < 1.29 is 14.0 Å². The van der Waals surface area contributed by atoms with Gasteiger partial charge in [-0.1, -0.05) is 5.16 Å². The molecule has 0 aliphatic rings. The molecule has 3 aromatic rings. The van der Waals surface area contributed by atoms with Gasteiger partial charge in [0.1, 0.15) is 11.5 Å². The Morgan fingerprint density at radius 1 is 1.17 bits per heavy atom. The first-order valence-electron chi connectivity index (χ1n) is 7.05. The van der Waals surface area contributed by atoms with Crippen LogP contribution in [0.1, 0.15) is 5.89 Å². The third-order valence-electron chi connectivity index (χ3n) is 3.03. The highest BCUT2D eigenvalue weighted by Crippen LogP contribution is 2.21. The van der Waals surface area contributed by atoms with Gasteiger partial charge < -0.3 is 14.0 Å². The molecule has 0 unspecified atom stereocenters. The van der Waals surface area contributed by atoms with Crippen molar-refractivity contribution in [3.8, 4) is 22.9 Å². The Morgan fingerprint density at radius 3 is 2.74 bits per heavy atom. The maximum Gasteiger partial charge on any atom is 0.236 e. The van der Waals surface area contributed by atoms with Crippen molar-refractivity contribution in [2.75, 3.05) is 19.5 Å². The average molecular weight is 348 g/mol. The smallest absolute Gasteiger partial charge is 0.236 e. The molecule has 0 radical (unpaired) electrons. The first-order valence-corrected chi connectivity index (χ1v) is 9.14. The van der Waals surface area contributed by atoms with Gasteiger partial charge in [-0.15, -0.1) is 11.8 Å².